The van der Waals surface area contributed by atoms with Gasteiger partial charge in [-0.15, -0.1) is 0 Å². The smallest absolute Gasteiger partial charge is 0.495 e. The van der Waals surface area contributed by atoms with Crippen LogP contribution in [-0.2, 0) is 9.31 Å². The van der Waals surface area contributed by atoms with E-state index in [0.29, 0.717) is 11.0 Å². The molecular formula is C18H24BF2NO5. The quantitative estimate of drug-likeness (QED) is 0.764. The van der Waals surface area contributed by atoms with Crippen molar-refractivity contribution in [2.45, 2.75) is 64.3 Å². The number of hydrogen-bond acceptors (Lipinski definition) is 5. The summed E-state index contributed by atoms with van der Waals surface area (Å²) >= 11 is 0. The predicted octanol–water partition coefficient (Wildman–Crippen LogP) is 2.57. The second-order valence-corrected chi connectivity index (χ2v) is 7.89. The van der Waals surface area contributed by atoms with Gasteiger partial charge in [-0.05, 0) is 63.5 Å². The fourth-order valence-electron chi connectivity index (χ4n) is 3.23. The van der Waals surface area contributed by atoms with Gasteiger partial charge in [-0.25, -0.2) is 0 Å². The Hall–Kier alpha value is -1.87. The minimum absolute atomic E-state index is 0.0308. The SMILES string of the molecule is COc1cc(B2OC(C)(C)C(C)(C)O2)c(C2CC2)c(OC(F)F)c1C(N)=O. The number of carbonyl (C=O) groups is 1. The molecule has 1 aromatic carbocycles. The summed E-state index contributed by atoms with van der Waals surface area (Å²) in [5.74, 6) is -1.13. The number of alkyl halides is 2. The lowest BCUT2D eigenvalue weighted by atomic mass is 9.73. The zero-order chi connectivity index (χ0) is 20.1. The number of nitrogens with two attached hydrogens (primary N) is 1. The highest BCUT2D eigenvalue weighted by molar-refractivity contribution is 6.63. The van der Waals surface area contributed by atoms with Gasteiger partial charge in [0.1, 0.15) is 17.1 Å². The number of rotatable bonds is 6. The van der Waals surface area contributed by atoms with Crippen molar-refractivity contribution in [2.24, 2.45) is 5.73 Å². The van der Waals surface area contributed by atoms with E-state index in [4.69, 9.17) is 24.5 Å². The van der Waals surface area contributed by atoms with Gasteiger partial charge >= 0.3 is 13.7 Å². The van der Waals surface area contributed by atoms with Crippen molar-refractivity contribution < 1.29 is 32.4 Å². The first kappa shape index (κ1) is 19.9. The largest absolute Gasteiger partial charge is 0.496 e. The Balaban J connectivity index is 2.21. The Kier molecular flexibility index (Phi) is 4.88. The third-order valence-corrected chi connectivity index (χ3v) is 5.48. The van der Waals surface area contributed by atoms with Gasteiger partial charge in [-0.1, -0.05) is 0 Å². The molecule has 9 heteroatoms. The van der Waals surface area contributed by atoms with Crippen molar-refractivity contribution in [1.82, 2.24) is 0 Å². The molecule has 2 fully saturated rings. The van der Waals surface area contributed by atoms with E-state index in [2.05, 4.69) is 0 Å². The molecule has 1 amide bonds. The monoisotopic (exact) mass is 383 g/mol. The second kappa shape index (κ2) is 6.63. The average Bonchev–Trinajstić information content (AvgIpc) is 3.32. The number of carbonyl (C=O) groups excluding carboxylic acids is 1. The number of primary amides is 1. The van der Waals surface area contributed by atoms with Crippen LogP contribution in [0.4, 0.5) is 8.78 Å². The van der Waals surface area contributed by atoms with E-state index in [1.54, 1.807) is 6.07 Å². The highest BCUT2D eigenvalue weighted by Crippen LogP contribution is 2.48. The summed E-state index contributed by atoms with van der Waals surface area (Å²) in [6, 6.07) is 1.58. The van der Waals surface area contributed by atoms with Crippen molar-refractivity contribution in [3.63, 3.8) is 0 Å². The van der Waals surface area contributed by atoms with E-state index >= 15 is 0 Å². The lowest BCUT2D eigenvalue weighted by Gasteiger charge is -2.32. The van der Waals surface area contributed by atoms with Crippen molar-refractivity contribution in [3.05, 3.63) is 17.2 Å². The van der Waals surface area contributed by atoms with E-state index in [1.165, 1.54) is 7.11 Å². The van der Waals surface area contributed by atoms with E-state index < -0.39 is 30.8 Å². The molecule has 1 heterocycles. The van der Waals surface area contributed by atoms with Crippen LogP contribution in [0.25, 0.3) is 0 Å². The molecule has 2 N–H and O–H groups in total. The fourth-order valence-corrected chi connectivity index (χ4v) is 3.23. The van der Waals surface area contributed by atoms with E-state index in [0.717, 1.165) is 12.8 Å². The molecule has 1 saturated heterocycles. The fraction of sp³-hybridized carbons (Fsp3) is 0.611. The molecule has 0 spiro atoms. The maximum absolute atomic E-state index is 13.1. The van der Waals surface area contributed by atoms with Crippen LogP contribution in [0.1, 0.15) is 62.4 Å². The molecule has 1 aliphatic carbocycles. The average molecular weight is 383 g/mol. The van der Waals surface area contributed by atoms with Gasteiger partial charge in [0.25, 0.3) is 5.91 Å². The van der Waals surface area contributed by atoms with Crippen LogP contribution in [0.3, 0.4) is 0 Å². The van der Waals surface area contributed by atoms with E-state index in [-0.39, 0.29) is 23.0 Å². The number of amides is 1. The second-order valence-electron chi connectivity index (χ2n) is 7.89. The van der Waals surface area contributed by atoms with Crippen molar-refractivity contribution in [2.75, 3.05) is 7.11 Å². The molecule has 0 bridgehead atoms. The number of methoxy groups -OCH3 is 1. The van der Waals surface area contributed by atoms with Gasteiger partial charge in [-0.2, -0.15) is 8.78 Å². The molecular weight excluding hydrogens is 359 g/mol. The van der Waals surface area contributed by atoms with E-state index in [1.807, 2.05) is 27.7 Å². The molecule has 27 heavy (non-hydrogen) atoms. The lowest BCUT2D eigenvalue weighted by molar-refractivity contribution is -0.0507. The maximum Gasteiger partial charge on any atom is 0.495 e. The molecule has 1 saturated carbocycles. The Labute approximate surface area is 157 Å². The summed E-state index contributed by atoms with van der Waals surface area (Å²) in [4.78, 5) is 12.0. The number of ether oxygens (including phenoxy) is 2. The van der Waals surface area contributed by atoms with Crippen molar-refractivity contribution >= 4 is 18.5 Å². The van der Waals surface area contributed by atoms with Crippen LogP contribution in [-0.4, -0.2) is 37.9 Å². The molecule has 1 aliphatic heterocycles. The molecule has 6 nitrogen and oxygen atoms in total. The van der Waals surface area contributed by atoms with E-state index in [9.17, 15) is 13.6 Å². The van der Waals surface area contributed by atoms with Gasteiger partial charge in [0, 0.05) is 0 Å². The van der Waals surface area contributed by atoms with Gasteiger partial charge in [0.2, 0.25) is 0 Å². The number of hydrogen-bond donors (Lipinski definition) is 1. The molecule has 1 aromatic rings. The van der Waals surface area contributed by atoms with Crippen LogP contribution in [0.15, 0.2) is 6.07 Å². The zero-order valence-electron chi connectivity index (χ0n) is 16.1. The lowest BCUT2D eigenvalue weighted by Crippen LogP contribution is -2.41. The predicted molar refractivity (Wildman–Crippen MR) is 95.8 cm³/mol. The Morgan fingerprint density at radius 1 is 1.26 bits per heavy atom. The van der Waals surface area contributed by atoms with Crippen molar-refractivity contribution in [1.29, 1.82) is 0 Å². The normalized spacial score (nSPS) is 20.8. The summed E-state index contributed by atoms with van der Waals surface area (Å²) in [5, 5.41) is 0. The van der Waals surface area contributed by atoms with Crippen LogP contribution in [0.2, 0.25) is 0 Å². The first-order chi connectivity index (χ1) is 12.5. The van der Waals surface area contributed by atoms with Gasteiger partial charge in [0.05, 0.1) is 18.3 Å². The molecule has 0 atom stereocenters. The van der Waals surface area contributed by atoms with Gasteiger partial charge in [0.15, 0.2) is 0 Å². The minimum Gasteiger partial charge on any atom is -0.496 e. The van der Waals surface area contributed by atoms with Gasteiger partial charge in [-0.3, -0.25) is 4.79 Å². The molecule has 0 aromatic heterocycles. The maximum atomic E-state index is 13.1. The minimum atomic E-state index is -3.11. The van der Waals surface area contributed by atoms with Gasteiger partial charge < -0.3 is 24.5 Å². The topological polar surface area (TPSA) is 80.0 Å². The standard InChI is InChI=1S/C18H24BF2NO5/c1-17(2)18(3,4)27-19(26-17)10-8-11(24-5)13(15(22)23)14(25-16(20)21)12(10)9-6-7-9/h8-9,16H,6-7H2,1-5H3,(H2,22,23). The van der Waals surface area contributed by atoms with Crippen LogP contribution in [0.5, 0.6) is 11.5 Å². The summed E-state index contributed by atoms with van der Waals surface area (Å²) in [6.45, 7) is 4.48. The molecule has 2 aliphatic rings. The van der Waals surface area contributed by atoms with Crippen LogP contribution < -0.4 is 20.7 Å². The highest BCUT2D eigenvalue weighted by Gasteiger charge is 2.53. The number of benzene rings is 1. The molecule has 0 radical (unpaired) electrons. The first-order valence-corrected chi connectivity index (χ1v) is 8.83. The summed E-state index contributed by atoms with van der Waals surface area (Å²) in [6.07, 6.45) is 1.58. The third-order valence-electron chi connectivity index (χ3n) is 5.48. The van der Waals surface area contributed by atoms with Crippen molar-refractivity contribution in [3.8, 4) is 11.5 Å². The molecule has 148 valence electrons. The molecule has 3 rings (SSSR count). The third kappa shape index (κ3) is 3.50. The summed E-state index contributed by atoms with van der Waals surface area (Å²) in [5.41, 5.74) is 5.02. The van der Waals surface area contributed by atoms with Crippen LogP contribution >= 0.6 is 0 Å². The Morgan fingerprint density at radius 2 is 1.81 bits per heavy atom. The Bertz CT molecular complexity index is 749. The highest BCUT2D eigenvalue weighted by atomic mass is 19.3. The number of halogens is 2. The summed E-state index contributed by atoms with van der Waals surface area (Å²) < 4.78 is 48.5. The Morgan fingerprint density at radius 3 is 2.22 bits per heavy atom. The van der Waals surface area contributed by atoms with Crippen LogP contribution in [0, 0.1) is 0 Å². The first-order valence-electron chi connectivity index (χ1n) is 8.83. The summed E-state index contributed by atoms with van der Waals surface area (Å²) in [7, 11) is 0.528. The zero-order valence-corrected chi connectivity index (χ0v) is 16.1. The molecule has 0 unspecified atom stereocenters.